The number of hydrogen-bond donors (Lipinski definition) is 4. The van der Waals surface area contributed by atoms with Crippen molar-refractivity contribution in [1.29, 1.82) is 0 Å². The summed E-state index contributed by atoms with van der Waals surface area (Å²) in [6, 6.07) is 7.78. The van der Waals surface area contributed by atoms with Crippen molar-refractivity contribution in [2.45, 2.75) is 13.2 Å². The van der Waals surface area contributed by atoms with Crippen molar-refractivity contribution in [3.63, 3.8) is 0 Å². The van der Waals surface area contributed by atoms with Crippen LogP contribution < -0.4 is 10.2 Å². The molecule has 0 aliphatic rings. The summed E-state index contributed by atoms with van der Waals surface area (Å²) in [6.07, 6.45) is 1.31. The Morgan fingerprint density at radius 3 is 2.64 bits per heavy atom. The molecule has 7 nitrogen and oxygen atoms in total. The number of carbonyl (C=O) groups is 1. The number of phenolic OH excluding ortho intramolecular Hbond substituents is 1. The van der Waals surface area contributed by atoms with Gasteiger partial charge in [0.15, 0.2) is 0 Å². The van der Waals surface area contributed by atoms with E-state index in [9.17, 15) is 20.1 Å². The fourth-order valence-electron chi connectivity index (χ4n) is 2.19. The van der Waals surface area contributed by atoms with Gasteiger partial charge in [-0.1, -0.05) is 15.9 Å². The highest BCUT2D eigenvalue weighted by atomic mass is 79.9. The second kappa shape index (κ2) is 8.61. The highest BCUT2D eigenvalue weighted by Gasteiger charge is 2.14. The summed E-state index contributed by atoms with van der Waals surface area (Å²) in [5, 5.41) is 32.3. The van der Waals surface area contributed by atoms with E-state index in [1.165, 1.54) is 31.5 Å². The Morgan fingerprint density at radius 1 is 1.28 bits per heavy atom. The van der Waals surface area contributed by atoms with E-state index in [0.717, 1.165) is 4.47 Å². The third kappa shape index (κ3) is 4.56. The van der Waals surface area contributed by atoms with Crippen LogP contribution in [-0.4, -0.2) is 34.6 Å². The normalized spacial score (nSPS) is 10.9. The quantitative estimate of drug-likeness (QED) is 0.430. The molecule has 2 aromatic carbocycles. The molecule has 0 atom stereocenters. The molecule has 1 amide bonds. The minimum atomic E-state index is -0.523. The van der Waals surface area contributed by atoms with Crippen LogP contribution in [0.25, 0.3) is 0 Å². The number of aromatic hydroxyl groups is 1. The van der Waals surface area contributed by atoms with Crippen LogP contribution in [0.15, 0.2) is 39.9 Å². The molecular formula is C17H17BrN2O5. The molecule has 0 bridgehead atoms. The van der Waals surface area contributed by atoms with Gasteiger partial charge in [-0.3, -0.25) is 4.79 Å². The Labute approximate surface area is 152 Å². The minimum Gasteiger partial charge on any atom is -0.507 e. The molecule has 2 rings (SSSR count). The molecule has 0 unspecified atom stereocenters. The molecule has 0 aliphatic carbocycles. The smallest absolute Gasteiger partial charge is 0.271 e. The average molecular weight is 409 g/mol. The Bertz CT molecular complexity index is 783. The van der Waals surface area contributed by atoms with Gasteiger partial charge in [0, 0.05) is 21.2 Å². The van der Waals surface area contributed by atoms with Crippen LogP contribution in [0.2, 0.25) is 0 Å². The number of carbonyl (C=O) groups excluding carboxylic acids is 1. The van der Waals surface area contributed by atoms with Gasteiger partial charge in [-0.05, 0) is 35.9 Å². The van der Waals surface area contributed by atoms with Crippen LogP contribution >= 0.6 is 15.9 Å². The zero-order valence-electron chi connectivity index (χ0n) is 13.4. The molecule has 4 N–H and O–H groups in total. The van der Waals surface area contributed by atoms with Gasteiger partial charge in [-0.25, -0.2) is 5.43 Å². The molecule has 2 aromatic rings. The van der Waals surface area contributed by atoms with E-state index in [0.29, 0.717) is 22.4 Å². The van der Waals surface area contributed by atoms with Crippen molar-refractivity contribution in [3.8, 4) is 11.5 Å². The highest BCUT2D eigenvalue weighted by molar-refractivity contribution is 9.10. The number of ether oxygens (including phenoxy) is 1. The number of halogens is 1. The molecular weight excluding hydrogens is 392 g/mol. The fraction of sp³-hybridized carbons (Fsp3) is 0.176. The number of nitrogens with one attached hydrogen (secondary N) is 1. The third-order valence-electron chi connectivity index (χ3n) is 3.47. The minimum absolute atomic E-state index is 0.0175. The van der Waals surface area contributed by atoms with Gasteiger partial charge in [0.05, 0.1) is 26.5 Å². The Balaban J connectivity index is 2.19. The zero-order chi connectivity index (χ0) is 18.4. The summed E-state index contributed by atoms with van der Waals surface area (Å²) in [6.45, 7) is -0.661. The second-order valence-corrected chi connectivity index (χ2v) is 5.95. The lowest BCUT2D eigenvalue weighted by Gasteiger charge is -2.12. The standard InChI is InChI=1S/C17H17BrN2O5/c1-25-16-5-11(4-12(8-21)14(16)9-22)17(24)20-19-7-10-2-3-13(18)6-15(10)23/h2-7,21-23H,8-9H2,1H3,(H,20,24). The zero-order valence-corrected chi connectivity index (χ0v) is 14.9. The molecule has 0 aromatic heterocycles. The largest absolute Gasteiger partial charge is 0.507 e. The second-order valence-electron chi connectivity index (χ2n) is 5.03. The van der Waals surface area contributed by atoms with E-state index in [-0.39, 0.29) is 24.5 Å². The van der Waals surface area contributed by atoms with Crippen LogP contribution in [0.3, 0.4) is 0 Å². The van der Waals surface area contributed by atoms with Crippen molar-refractivity contribution >= 4 is 28.1 Å². The molecule has 132 valence electrons. The number of benzene rings is 2. The van der Waals surface area contributed by atoms with Gasteiger partial charge in [-0.15, -0.1) is 0 Å². The molecule has 0 aliphatic heterocycles. The Morgan fingerprint density at radius 2 is 2.04 bits per heavy atom. The van der Waals surface area contributed by atoms with Crippen LogP contribution in [0, 0.1) is 0 Å². The summed E-state index contributed by atoms with van der Waals surface area (Å²) >= 11 is 3.23. The Kier molecular flexibility index (Phi) is 6.51. The van der Waals surface area contributed by atoms with Gasteiger partial charge in [0.1, 0.15) is 11.5 Å². The van der Waals surface area contributed by atoms with E-state index in [1.54, 1.807) is 12.1 Å². The fourth-order valence-corrected chi connectivity index (χ4v) is 2.54. The highest BCUT2D eigenvalue weighted by Crippen LogP contribution is 2.25. The molecule has 25 heavy (non-hydrogen) atoms. The summed E-state index contributed by atoms with van der Waals surface area (Å²) in [7, 11) is 1.41. The lowest BCUT2D eigenvalue weighted by atomic mass is 10.0. The van der Waals surface area contributed by atoms with Crippen LogP contribution in [-0.2, 0) is 13.2 Å². The van der Waals surface area contributed by atoms with E-state index in [1.807, 2.05) is 0 Å². The van der Waals surface area contributed by atoms with Crippen LogP contribution in [0.1, 0.15) is 27.0 Å². The number of rotatable bonds is 6. The number of phenols is 1. The van der Waals surface area contributed by atoms with E-state index in [4.69, 9.17) is 4.74 Å². The van der Waals surface area contributed by atoms with Crippen molar-refractivity contribution in [1.82, 2.24) is 5.43 Å². The first kappa shape index (κ1) is 18.9. The number of methoxy groups -OCH3 is 1. The maximum Gasteiger partial charge on any atom is 0.271 e. The molecule has 0 fully saturated rings. The molecule has 0 heterocycles. The first-order valence-electron chi connectivity index (χ1n) is 7.23. The van der Waals surface area contributed by atoms with Crippen molar-refractivity contribution in [3.05, 3.63) is 57.1 Å². The van der Waals surface area contributed by atoms with Crippen molar-refractivity contribution < 1.29 is 24.9 Å². The molecule has 0 saturated heterocycles. The number of hydrogen-bond acceptors (Lipinski definition) is 6. The first-order valence-corrected chi connectivity index (χ1v) is 8.02. The number of aliphatic hydroxyl groups excluding tert-OH is 2. The van der Waals surface area contributed by atoms with E-state index < -0.39 is 5.91 Å². The van der Waals surface area contributed by atoms with Gasteiger partial charge < -0.3 is 20.1 Å². The van der Waals surface area contributed by atoms with Crippen LogP contribution in [0.5, 0.6) is 11.5 Å². The summed E-state index contributed by atoms with van der Waals surface area (Å²) in [4.78, 5) is 12.2. The van der Waals surface area contributed by atoms with Gasteiger partial charge >= 0.3 is 0 Å². The summed E-state index contributed by atoms with van der Waals surface area (Å²) < 4.78 is 5.86. The van der Waals surface area contributed by atoms with Crippen LogP contribution in [0.4, 0.5) is 0 Å². The van der Waals surface area contributed by atoms with Gasteiger partial charge in [0.2, 0.25) is 0 Å². The maximum atomic E-state index is 12.2. The summed E-state index contributed by atoms with van der Waals surface area (Å²) in [5.74, 6) is -0.206. The van der Waals surface area contributed by atoms with E-state index in [2.05, 4.69) is 26.5 Å². The molecule has 0 spiro atoms. The third-order valence-corrected chi connectivity index (χ3v) is 3.97. The number of nitrogens with zero attached hydrogens (tertiary/aromatic N) is 1. The lowest BCUT2D eigenvalue weighted by molar-refractivity contribution is 0.0954. The van der Waals surface area contributed by atoms with Crippen molar-refractivity contribution in [2.24, 2.45) is 5.10 Å². The summed E-state index contributed by atoms with van der Waals surface area (Å²) in [5.41, 5.74) is 3.80. The Hall–Kier alpha value is -2.42. The predicted molar refractivity (Wildman–Crippen MR) is 95.7 cm³/mol. The first-order chi connectivity index (χ1) is 12.0. The van der Waals surface area contributed by atoms with Gasteiger partial charge in [0.25, 0.3) is 5.91 Å². The van der Waals surface area contributed by atoms with Gasteiger partial charge in [-0.2, -0.15) is 5.10 Å². The average Bonchev–Trinajstić information content (AvgIpc) is 2.61. The number of hydrazone groups is 1. The molecule has 8 heteroatoms. The topological polar surface area (TPSA) is 111 Å². The van der Waals surface area contributed by atoms with Crippen molar-refractivity contribution in [2.75, 3.05) is 7.11 Å². The molecule has 0 radical (unpaired) electrons. The predicted octanol–water partition coefficient (Wildman–Crippen LogP) is 1.91. The van der Waals surface area contributed by atoms with E-state index >= 15 is 0 Å². The number of aliphatic hydroxyl groups is 2. The SMILES string of the molecule is COc1cc(C(=O)NN=Cc2ccc(Br)cc2O)cc(CO)c1CO. The number of amides is 1. The lowest BCUT2D eigenvalue weighted by Crippen LogP contribution is -2.18. The maximum absolute atomic E-state index is 12.2. The molecule has 0 saturated carbocycles. The monoisotopic (exact) mass is 408 g/mol.